The molecule has 48 valence electrons. The number of methoxy groups -OCH3 is 1. The van der Waals surface area contributed by atoms with E-state index in [1.54, 1.807) is 7.11 Å². The molecule has 0 radical (unpaired) electrons. The summed E-state index contributed by atoms with van der Waals surface area (Å²) in [6.45, 7) is 2.80. The average molecular weight is 179 g/mol. The summed E-state index contributed by atoms with van der Waals surface area (Å²) < 4.78 is 6.05. The second kappa shape index (κ2) is 5.32. The minimum atomic E-state index is 0.797. The van der Waals surface area contributed by atoms with Crippen LogP contribution >= 0.6 is 15.9 Å². The minimum absolute atomic E-state index is 0.797. The number of allylic oxidation sites excluding steroid dienone is 1. The molecule has 0 saturated carbocycles. The van der Waals surface area contributed by atoms with Crippen LogP contribution in [-0.4, -0.2) is 13.7 Å². The Morgan fingerprint density at radius 3 is 2.75 bits per heavy atom. The van der Waals surface area contributed by atoms with Gasteiger partial charge in [0.05, 0.1) is 6.61 Å². The zero-order valence-corrected chi connectivity index (χ0v) is 6.86. The first kappa shape index (κ1) is 8.18. The topological polar surface area (TPSA) is 9.23 Å². The van der Waals surface area contributed by atoms with Gasteiger partial charge in [-0.25, -0.2) is 0 Å². The van der Waals surface area contributed by atoms with Crippen molar-refractivity contribution in [3.8, 4) is 0 Å². The van der Waals surface area contributed by atoms with Gasteiger partial charge in [0.15, 0.2) is 0 Å². The van der Waals surface area contributed by atoms with E-state index < -0.39 is 0 Å². The molecule has 0 bridgehead atoms. The van der Waals surface area contributed by atoms with Gasteiger partial charge in [0.1, 0.15) is 0 Å². The van der Waals surface area contributed by atoms with E-state index in [1.165, 1.54) is 4.48 Å². The van der Waals surface area contributed by atoms with Crippen molar-refractivity contribution in [2.75, 3.05) is 13.7 Å². The molecule has 0 aromatic rings. The Morgan fingerprint density at radius 2 is 2.38 bits per heavy atom. The predicted octanol–water partition coefficient (Wildman–Crippen LogP) is 2.32. The Hall–Kier alpha value is 0.180. The van der Waals surface area contributed by atoms with Gasteiger partial charge in [-0.2, -0.15) is 0 Å². The van der Waals surface area contributed by atoms with Gasteiger partial charge in [-0.15, -0.1) is 0 Å². The summed E-state index contributed by atoms with van der Waals surface area (Å²) in [4.78, 5) is 0. The zero-order valence-electron chi connectivity index (χ0n) is 5.28. The first-order valence-corrected chi connectivity index (χ1v) is 3.40. The van der Waals surface area contributed by atoms with Gasteiger partial charge in [-0.05, 0) is 11.4 Å². The number of halogens is 1. The predicted molar refractivity (Wildman–Crippen MR) is 39.2 cm³/mol. The summed E-state index contributed by atoms with van der Waals surface area (Å²) in [6.07, 6.45) is 3.01. The van der Waals surface area contributed by atoms with Crippen molar-refractivity contribution in [1.29, 1.82) is 0 Å². The van der Waals surface area contributed by atoms with Gasteiger partial charge in [0.2, 0.25) is 0 Å². The number of ether oxygens (including phenoxy) is 1. The molecule has 0 aromatic heterocycles. The molecule has 0 aliphatic heterocycles. The summed E-state index contributed by atoms with van der Waals surface area (Å²) in [5.74, 6) is 0. The number of hydrogen-bond donors (Lipinski definition) is 0. The van der Waals surface area contributed by atoms with E-state index in [9.17, 15) is 0 Å². The molecule has 0 atom stereocenters. The van der Waals surface area contributed by atoms with Crippen LogP contribution in [0, 0.1) is 0 Å². The molecule has 0 rings (SSSR count). The molecular weight excluding hydrogens is 168 g/mol. The van der Waals surface area contributed by atoms with E-state index in [4.69, 9.17) is 4.74 Å². The first-order chi connectivity index (χ1) is 3.81. The van der Waals surface area contributed by atoms with E-state index in [2.05, 4.69) is 15.9 Å². The van der Waals surface area contributed by atoms with Crippen LogP contribution in [0.3, 0.4) is 0 Å². The Bertz CT molecular complexity index is 78.6. The third-order valence-corrected chi connectivity index (χ3v) is 1.71. The van der Waals surface area contributed by atoms with Crippen molar-refractivity contribution < 1.29 is 4.74 Å². The van der Waals surface area contributed by atoms with Gasteiger partial charge in [-0.3, -0.25) is 0 Å². The molecule has 0 spiro atoms. The van der Waals surface area contributed by atoms with Crippen molar-refractivity contribution in [2.24, 2.45) is 0 Å². The van der Waals surface area contributed by atoms with Crippen LogP contribution in [0.15, 0.2) is 10.6 Å². The SMILES string of the molecule is C/C=C(/Br)CCOC. The summed E-state index contributed by atoms with van der Waals surface area (Å²) in [6, 6.07) is 0. The van der Waals surface area contributed by atoms with Gasteiger partial charge in [0, 0.05) is 13.5 Å². The number of hydrogen-bond acceptors (Lipinski definition) is 1. The molecule has 0 aromatic carbocycles. The highest BCUT2D eigenvalue weighted by Gasteiger charge is 1.86. The van der Waals surface area contributed by atoms with Gasteiger partial charge in [0.25, 0.3) is 0 Å². The summed E-state index contributed by atoms with van der Waals surface area (Å²) in [5.41, 5.74) is 0. The maximum absolute atomic E-state index is 4.84. The fourth-order valence-electron chi connectivity index (χ4n) is 0.344. The molecule has 2 heteroatoms. The Balaban J connectivity index is 3.12. The highest BCUT2D eigenvalue weighted by atomic mass is 79.9. The van der Waals surface area contributed by atoms with Crippen molar-refractivity contribution >= 4 is 15.9 Å². The van der Waals surface area contributed by atoms with Crippen LogP contribution < -0.4 is 0 Å². The molecule has 0 saturated heterocycles. The average Bonchev–Trinajstić information content (AvgIpc) is 1.83. The Labute approximate surface area is 58.9 Å². The normalized spacial score (nSPS) is 12.1. The molecule has 0 heterocycles. The van der Waals surface area contributed by atoms with Crippen molar-refractivity contribution in [2.45, 2.75) is 13.3 Å². The van der Waals surface area contributed by atoms with Crippen molar-refractivity contribution in [3.05, 3.63) is 10.6 Å². The molecule has 0 fully saturated rings. The molecule has 1 nitrogen and oxygen atoms in total. The van der Waals surface area contributed by atoms with E-state index in [-0.39, 0.29) is 0 Å². The lowest BCUT2D eigenvalue weighted by Gasteiger charge is -1.94. The summed E-state index contributed by atoms with van der Waals surface area (Å²) >= 11 is 3.36. The quantitative estimate of drug-likeness (QED) is 0.645. The zero-order chi connectivity index (χ0) is 6.41. The van der Waals surface area contributed by atoms with Crippen LogP contribution in [0.1, 0.15) is 13.3 Å². The summed E-state index contributed by atoms with van der Waals surface area (Å²) in [5, 5.41) is 0. The summed E-state index contributed by atoms with van der Waals surface area (Å²) in [7, 11) is 1.70. The Kier molecular flexibility index (Phi) is 5.44. The minimum Gasteiger partial charge on any atom is -0.384 e. The molecule has 0 aliphatic carbocycles. The van der Waals surface area contributed by atoms with Crippen LogP contribution in [-0.2, 0) is 4.74 Å². The second-order valence-corrected chi connectivity index (χ2v) is 2.50. The molecule has 0 N–H and O–H groups in total. The van der Waals surface area contributed by atoms with Crippen molar-refractivity contribution in [3.63, 3.8) is 0 Å². The molecular formula is C6H11BrO. The Morgan fingerprint density at radius 1 is 1.75 bits per heavy atom. The molecule has 8 heavy (non-hydrogen) atoms. The third-order valence-electron chi connectivity index (χ3n) is 0.858. The maximum atomic E-state index is 4.84. The fraction of sp³-hybridized carbons (Fsp3) is 0.667. The van der Waals surface area contributed by atoms with Crippen LogP contribution in [0.5, 0.6) is 0 Å². The molecule has 0 unspecified atom stereocenters. The second-order valence-electron chi connectivity index (χ2n) is 1.48. The van der Waals surface area contributed by atoms with Gasteiger partial charge >= 0.3 is 0 Å². The lowest BCUT2D eigenvalue weighted by atomic mass is 10.4. The standard InChI is InChI=1S/C6H11BrO/c1-3-6(7)4-5-8-2/h3H,4-5H2,1-2H3/b6-3+. The lowest BCUT2D eigenvalue weighted by molar-refractivity contribution is 0.204. The van der Waals surface area contributed by atoms with Gasteiger partial charge in [-0.1, -0.05) is 22.0 Å². The van der Waals surface area contributed by atoms with Crippen LogP contribution in [0.25, 0.3) is 0 Å². The highest BCUT2D eigenvalue weighted by molar-refractivity contribution is 9.11. The van der Waals surface area contributed by atoms with Crippen molar-refractivity contribution in [1.82, 2.24) is 0 Å². The lowest BCUT2D eigenvalue weighted by Crippen LogP contribution is -1.86. The van der Waals surface area contributed by atoms with E-state index in [1.807, 2.05) is 13.0 Å². The first-order valence-electron chi connectivity index (χ1n) is 2.61. The van der Waals surface area contributed by atoms with Gasteiger partial charge < -0.3 is 4.74 Å². The van der Waals surface area contributed by atoms with E-state index >= 15 is 0 Å². The number of rotatable bonds is 3. The van der Waals surface area contributed by atoms with E-state index in [0.717, 1.165) is 13.0 Å². The molecule has 0 amide bonds. The monoisotopic (exact) mass is 178 g/mol. The highest BCUT2D eigenvalue weighted by Crippen LogP contribution is 2.08. The smallest absolute Gasteiger partial charge is 0.0507 e. The molecule has 0 aliphatic rings. The van der Waals surface area contributed by atoms with Crippen LogP contribution in [0.2, 0.25) is 0 Å². The third kappa shape index (κ3) is 4.34. The largest absolute Gasteiger partial charge is 0.384 e. The van der Waals surface area contributed by atoms with Crippen LogP contribution in [0.4, 0.5) is 0 Å². The fourth-order valence-corrected chi connectivity index (χ4v) is 0.506. The van der Waals surface area contributed by atoms with E-state index in [0.29, 0.717) is 0 Å². The maximum Gasteiger partial charge on any atom is 0.0507 e.